The SMILES string of the molecule is CC(NC(=O)c1ccc(C(=O)C(F)(F)F)s1)c1cnc(-c2ccccc2)s1. The molecule has 1 atom stereocenters. The molecule has 9 heteroatoms. The largest absolute Gasteiger partial charge is 0.455 e. The summed E-state index contributed by atoms with van der Waals surface area (Å²) in [5.74, 6) is -2.49. The Hall–Kier alpha value is -2.52. The predicted molar refractivity (Wildman–Crippen MR) is 98.1 cm³/mol. The molecular weight excluding hydrogens is 397 g/mol. The number of rotatable bonds is 5. The predicted octanol–water partition coefficient (Wildman–Crippen LogP) is 5.11. The van der Waals surface area contributed by atoms with E-state index in [9.17, 15) is 22.8 Å². The molecule has 0 fully saturated rings. The van der Waals surface area contributed by atoms with Crippen LogP contribution >= 0.6 is 22.7 Å². The van der Waals surface area contributed by atoms with Crippen LogP contribution in [0, 0.1) is 0 Å². The van der Waals surface area contributed by atoms with Gasteiger partial charge in [0.25, 0.3) is 11.7 Å². The van der Waals surface area contributed by atoms with Crippen LogP contribution in [-0.2, 0) is 0 Å². The van der Waals surface area contributed by atoms with Gasteiger partial charge in [-0.2, -0.15) is 13.2 Å². The molecule has 1 aromatic carbocycles. The second-order valence-electron chi connectivity index (χ2n) is 5.62. The van der Waals surface area contributed by atoms with E-state index >= 15 is 0 Å². The zero-order chi connectivity index (χ0) is 19.6. The Morgan fingerprint density at radius 3 is 2.37 bits per heavy atom. The van der Waals surface area contributed by atoms with Gasteiger partial charge in [-0.15, -0.1) is 22.7 Å². The lowest BCUT2D eigenvalue weighted by Gasteiger charge is -2.10. The Bertz CT molecular complexity index is 964. The van der Waals surface area contributed by atoms with Crippen molar-refractivity contribution in [3.8, 4) is 10.6 Å². The van der Waals surface area contributed by atoms with E-state index in [2.05, 4.69) is 10.3 Å². The molecule has 140 valence electrons. The number of thiophene rings is 1. The Morgan fingerprint density at radius 1 is 1.04 bits per heavy atom. The highest BCUT2D eigenvalue weighted by atomic mass is 32.1. The number of carbonyl (C=O) groups is 2. The summed E-state index contributed by atoms with van der Waals surface area (Å²) in [6.07, 6.45) is -3.30. The fourth-order valence-electron chi connectivity index (χ4n) is 2.26. The lowest BCUT2D eigenvalue weighted by atomic mass is 10.2. The van der Waals surface area contributed by atoms with Crippen LogP contribution in [0.15, 0.2) is 48.7 Å². The molecule has 2 heterocycles. The number of hydrogen-bond donors (Lipinski definition) is 1. The fourth-order valence-corrected chi connectivity index (χ4v) is 4.05. The molecule has 0 aliphatic carbocycles. The molecule has 1 unspecified atom stereocenters. The van der Waals surface area contributed by atoms with Crippen molar-refractivity contribution >= 4 is 34.4 Å². The number of amides is 1. The van der Waals surface area contributed by atoms with Crippen LogP contribution in [0.2, 0.25) is 0 Å². The summed E-state index contributed by atoms with van der Waals surface area (Å²) in [4.78, 5) is 28.2. The first-order valence-electron chi connectivity index (χ1n) is 7.79. The summed E-state index contributed by atoms with van der Waals surface area (Å²) < 4.78 is 37.4. The Labute approximate surface area is 160 Å². The van der Waals surface area contributed by atoms with Crippen molar-refractivity contribution in [2.24, 2.45) is 0 Å². The highest BCUT2D eigenvalue weighted by molar-refractivity contribution is 7.16. The molecule has 0 bridgehead atoms. The lowest BCUT2D eigenvalue weighted by molar-refractivity contribution is -0.0882. The molecule has 0 saturated carbocycles. The fraction of sp³-hybridized carbons (Fsp3) is 0.167. The van der Waals surface area contributed by atoms with Gasteiger partial charge in [-0.1, -0.05) is 30.3 Å². The molecule has 3 aromatic rings. The minimum absolute atomic E-state index is 0.0437. The second-order valence-corrected chi connectivity index (χ2v) is 7.77. The van der Waals surface area contributed by atoms with Crippen LogP contribution in [0.4, 0.5) is 13.2 Å². The van der Waals surface area contributed by atoms with E-state index < -0.39 is 22.7 Å². The van der Waals surface area contributed by atoms with Crippen LogP contribution in [-0.4, -0.2) is 22.9 Å². The molecule has 27 heavy (non-hydrogen) atoms. The number of alkyl halides is 3. The zero-order valence-corrected chi connectivity index (χ0v) is 15.5. The minimum atomic E-state index is -4.96. The standard InChI is InChI=1S/C18H13F3N2O2S2/c1-10(14-9-22-17(27-14)11-5-3-2-4-6-11)23-16(25)13-8-7-12(26-13)15(24)18(19,20)21/h2-10H,1H3,(H,23,25). The van der Waals surface area contributed by atoms with Gasteiger partial charge in [0.1, 0.15) is 5.01 Å². The molecule has 1 amide bonds. The smallest absolute Gasteiger partial charge is 0.344 e. The molecule has 2 aromatic heterocycles. The molecule has 0 aliphatic heterocycles. The van der Waals surface area contributed by atoms with Gasteiger partial charge in [0.15, 0.2) is 0 Å². The molecule has 0 spiro atoms. The maximum atomic E-state index is 12.5. The number of aromatic nitrogens is 1. The number of nitrogens with zero attached hydrogens (tertiary/aromatic N) is 1. The summed E-state index contributed by atoms with van der Waals surface area (Å²) >= 11 is 1.94. The summed E-state index contributed by atoms with van der Waals surface area (Å²) in [5.41, 5.74) is 0.959. The van der Waals surface area contributed by atoms with Crippen molar-refractivity contribution < 1.29 is 22.8 Å². The third-order valence-corrected chi connectivity index (χ3v) is 5.94. The van der Waals surface area contributed by atoms with E-state index in [1.54, 1.807) is 13.1 Å². The lowest BCUT2D eigenvalue weighted by Crippen LogP contribution is -2.25. The molecule has 1 N–H and O–H groups in total. The first kappa shape index (κ1) is 19.2. The Balaban J connectivity index is 1.69. The summed E-state index contributed by atoms with van der Waals surface area (Å²) in [6.45, 7) is 1.76. The number of halogens is 3. The van der Waals surface area contributed by atoms with Crippen LogP contribution < -0.4 is 5.32 Å². The van der Waals surface area contributed by atoms with Gasteiger partial charge in [0.2, 0.25) is 0 Å². The van der Waals surface area contributed by atoms with E-state index in [4.69, 9.17) is 0 Å². The number of ketones is 1. The van der Waals surface area contributed by atoms with Crippen molar-refractivity contribution in [2.45, 2.75) is 19.1 Å². The first-order chi connectivity index (χ1) is 12.8. The maximum Gasteiger partial charge on any atom is 0.455 e. The van der Waals surface area contributed by atoms with Gasteiger partial charge in [-0.3, -0.25) is 9.59 Å². The van der Waals surface area contributed by atoms with Gasteiger partial charge in [-0.25, -0.2) is 4.98 Å². The summed E-state index contributed by atoms with van der Waals surface area (Å²) in [6, 6.07) is 11.4. The monoisotopic (exact) mass is 410 g/mol. The van der Waals surface area contributed by atoms with Crippen LogP contribution in [0.1, 0.15) is 37.2 Å². The first-order valence-corrected chi connectivity index (χ1v) is 9.42. The van der Waals surface area contributed by atoms with Gasteiger partial charge >= 0.3 is 6.18 Å². The van der Waals surface area contributed by atoms with E-state index in [0.29, 0.717) is 11.3 Å². The van der Waals surface area contributed by atoms with Crippen LogP contribution in [0.3, 0.4) is 0 Å². The number of thiazole rings is 1. The van der Waals surface area contributed by atoms with Crippen molar-refractivity contribution in [3.63, 3.8) is 0 Å². The average molecular weight is 410 g/mol. The topological polar surface area (TPSA) is 59.1 Å². The van der Waals surface area contributed by atoms with Crippen molar-refractivity contribution in [2.75, 3.05) is 0 Å². The van der Waals surface area contributed by atoms with Crippen molar-refractivity contribution in [3.05, 3.63) is 63.3 Å². The number of nitrogens with one attached hydrogen (secondary N) is 1. The van der Waals surface area contributed by atoms with Crippen molar-refractivity contribution in [1.82, 2.24) is 10.3 Å². The van der Waals surface area contributed by atoms with Gasteiger partial charge in [0, 0.05) is 16.6 Å². The molecule has 0 radical (unpaired) electrons. The Morgan fingerprint density at radius 2 is 1.70 bits per heavy atom. The Kier molecular flexibility index (Phi) is 5.43. The quantitative estimate of drug-likeness (QED) is 0.595. The highest BCUT2D eigenvalue weighted by Crippen LogP contribution is 2.30. The third kappa shape index (κ3) is 4.42. The van der Waals surface area contributed by atoms with Crippen LogP contribution in [0.5, 0.6) is 0 Å². The highest BCUT2D eigenvalue weighted by Gasteiger charge is 2.40. The minimum Gasteiger partial charge on any atom is -0.344 e. The number of hydrogen-bond acceptors (Lipinski definition) is 5. The molecule has 4 nitrogen and oxygen atoms in total. The van der Waals surface area contributed by atoms with Crippen molar-refractivity contribution in [1.29, 1.82) is 0 Å². The van der Waals surface area contributed by atoms with E-state index in [1.807, 2.05) is 30.3 Å². The number of Topliss-reactive ketones (excluding diaryl/α,β-unsaturated/α-hetero) is 1. The summed E-state index contributed by atoms with van der Waals surface area (Å²) in [7, 11) is 0. The maximum absolute atomic E-state index is 12.5. The second kappa shape index (κ2) is 7.61. The van der Waals surface area contributed by atoms with Crippen LogP contribution in [0.25, 0.3) is 10.6 Å². The van der Waals surface area contributed by atoms with E-state index in [-0.39, 0.29) is 10.9 Å². The molecule has 3 rings (SSSR count). The molecular formula is C18H13F3N2O2S2. The average Bonchev–Trinajstić information content (AvgIpc) is 3.31. The third-order valence-electron chi connectivity index (χ3n) is 3.63. The van der Waals surface area contributed by atoms with E-state index in [1.165, 1.54) is 17.4 Å². The normalized spacial score (nSPS) is 12.6. The summed E-state index contributed by atoms with van der Waals surface area (Å²) in [5, 5.41) is 3.52. The molecule has 0 saturated heterocycles. The van der Waals surface area contributed by atoms with Gasteiger partial charge in [-0.05, 0) is 19.1 Å². The number of benzene rings is 1. The van der Waals surface area contributed by atoms with Gasteiger partial charge < -0.3 is 5.32 Å². The number of carbonyl (C=O) groups excluding carboxylic acids is 2. The molecule has 0 aliphatic rings. The zero-order valence-electron chi connectivity index (χ0n) is 13.9. The van der Waals surface area contributed by atoms with Gasteiger partial charge in [0.05, 0.1) is 15.8 Å². The van der Waals surface area contributed by atoms with E-state index in [0.717, 1.165) is 21.5 Å².